The van der Waals surface area contributed by atoms with Crippen molar-refractivity contribution < 1.29 is 14.6 Å². The average molecular weight is 235 g/mol. The summed E-state index contributed by atoms with van der Waals surface area (Å²) in [5.41, 5.74) is 0. The van der Waals surface area contributed by atoms with E-state index in [0.29, 0.717) is 18.4 Å². The summed E-state index contributed by atoms with van der Waals surface area (Å²) < 4.78 is 11.6. The molecule has 17 heavy (non-hydrogen) atoms. The van der Waals surface area contributed by atoms with Crippen molar-refractivity contribution in [2.24, 2.45) is 0 Å². The van der Waals surface area contributed by atoms with E-state index in [-0.39, 0.29) is 11.9 Å². The van der Waals surface area contributed by atoms with Gasteiger partial charge in [0.1, 0.15) is 18.5 Å². The Balaban J connectivity index is 1.80. The predicted molar refractivity (Wildman–Crippen MR) is 63.7 cm³/mol. The van der Waals surface area contributed by atoms with Crippen LogP contribution in [0.15, 0.2) is 18.2 Å². The number of likely N-dealkylation sites (N-methyl/N-ethyl adjacent to an activating group) is 1. The Hall–Kier alpha value is -1.42. The Morgan fingerprint density at radius 1 is 1.35 bits per heavy atom. The van der Waals surface area contributed by atoms with E-state index >= 15 is 0 Å². The first-order valence-corrected chi connectivity index (χ1v) is 6.07. The molecule has 1 aromatic carbocycles. The molecule has 1 N–H and O–H groups in total. The largest absolute Gasteiger partial charge is 0.508 e. The molecule has 0 radical (unpaired) electrons. The Kier molecular flexibility index (Phi) is 2.59. The minimum absolute atomic E-state index is 0.0665. The van der Waals surface area contributed by atoms with Gasteiger partial charge >= 0.3 is 0 Å². The van der Waals surface area contributed by atoms with E-state index in [9.17, 15) is 5.11 Å². The molecule has 92 valence electrons. The minimum Gasteiger partial charge on any atom is -0.508 e. The second kappa shape index (κ2) is 4.11. The van der Waals surface area contributed by atoms with E-state index < -0.39 is 0 Å². The lowest BCUT2D eigenvalue weighted by Crippen LogP contribution is -2.45. The van der Waals surface area contributed by atoms with Crippen molar-refractivity contribution in [2.45, 2.75) is 25.0 Å². The minimum atomic E-state index is 0.0665. The van der Waals surface area contributed by atoms with Crippen LogP contribution in [0.3, 0.4) is 0 Å². The number of hydrogen-bond donors (Lipinski definition) is 1. The summed E-state index contributed by atoms with van der Waals surface area (Å²) in [5.74, 6) is 1.59. The van der Waals surface area contributed by atoms with E-state index in [4.69, 9.17) is 9.47 Å². The molecule has 2 aliphatic rings. The molecule has 0 unspecified atom stereocenters. The van der Waals surface area contributed by atoms with Gasteiger partial charge in [0.15, 0.2) is 11.5 Å². The van der Waals surface area contributed by atoms with Crippen LogP contribution in [0, 0.1) is 0 Å². The fraction of sp³-hybridized carbons (Fsp3) is 0.538. The van der Waals surface area contributed by atoms with Crippen molar-refractivity contribution in [3.8, 4) is 17.2 Å². The molecular weight excluding hydrogens is 218 g/mol. The highest BCUT2D eigenvalue weighted by atomic mass is 16.6. The molecule has 0 aromatic heterocycles. The third-order valence-corrected chi connectivity index (χ3v) is 3.61. The summed E-state index contributed by atoms with van der Waals surface area (Å²) in [4.78, 5) is 2.32. The SMILES string of the molecule is CN1CCC[C@H]1[C@@H]1COc2ccc(O)cc2O1. The highest BCUT2D eigenvalue weighted by Crippen LogP contribution is 2.36. The van der Waals surface area contributed by atoms with Gasteiger partial charge in [0.25, 0.3) is 0 Å². The Morgan fingerprint density at radius 2 is 2.24 bits per heavy atom. The number of likely N-dealkylation sites (tertiary alicyclic amines) is 1. The van der Waals surface area contributed by atoms with Crippen LogP contribution in [0.2, 0.25) is 0 Å². The van der Waals surface area contributed by atoms with Crippen molar-refractivity contribution in [1.29, 1.82) is 0 Å². The number of hydrogen-bond acceptors (Lipinski definition) is 4. The molecule has 3 rings (SSSR count). The van der Waals surface area contributed by atoms with Gasteiger partial charge in [-0.2, -0.15) is 0 Å². The smallest absolute Gasteiger partial charge is 0.165 e. The molecule has 1 fully saturated rings. The van der Waals surface area contributed by atoms with E-state index in [0.717, 1.165) is 18.7 Å². The standard InChI is InChI=1S/C13H17NO3/c1-14-6-2-3-10(14)13-8-16-11-5-4-9(15)7-12(11)17-13/h4-5,7,10,13,15H,2-3,6,8H2,1H3/t10-,13-/m0/s1. The zero-order chi connectivity index (χ0) is 11.8. The van der Waals surface area contributed by atoms with Gasteiger partial charge in [-0.3, -0.25) is 4.90 Å². The lowest BCUT2D eigenvalue weighted by Gasteiger charge is -2.33. The molecule has 0 aliphatic carbocycles. The van der Waals surface area contributed by atoms with Gasteiger partial charge in [0, 0.05) is 12.1 Å². The summed E-state index contributed by atoms with van der Waals surface area (Å²) in [6.07, 6.45) is 2.43. The molecule has 0 saturated carbocycles. The molecule has 2 atom stereocenters. The van der Waals surface area contributed by atoms with Crippen LogP contribution in [0.5, 0.6) is 17.2 Å². The lowest BCUT2D eigenvalue weighted by atomic mass is 10.1. The fourth-order valence-corrected chi connectivity index (χ4v) is 2.67. The number of aromatic hydroxyl groups is 1. The van der Waals surface area contributed by atoms with Crippen LogP contribution < -0.4 is 9.47 Å². The number of ether oxygens (including phenoxy) is 2. The normalized spacial score (nSPS) is 28.3. The summed E-state index contributed by atoms with van der Waals surface area (Å²) >= 11 is 0. The first-order chi connectivity index (χ1) is 8.24. The third kappa shape index (κ3) is 1.93. The van der Waals surface area contributed by atoms with Crippen LogP contribution >= 0.6 is 0 Å². The number of phenolic OH excluding ortho intramolecular Hbond substituents is 1. The molecule has 0 amide bonds. The molecule has 4 nitrogen and oxygen atoms in total. The molecule has 4 heteroatoms. The van der Waals surface area contributed by atoms with Gasteiger partial charge in [-0.15, -0.1) is 0 Å². The molecule has 1 aromatic rings. The van der Waals surface area contributed by atoms with Crippen LogP contribution in [0.4, 0.5) is 0 Å². The Bertz CT molecular complexity index is 421. The maximum Gasteiger partial charge on any atom is 0.165 e. The van der Waals surface area contributed by atoms with Gasteiger partial charge < -0.3 is 14.6 Å². The molecule has 0 spiro atoms. The zero-order valence-corrected chi connectivity index (χ0v) is 9.93. The summed E-state index contributed by atoms with van der Waals surface area (Å²) in [6, 6.07) is 5.41. The number of rotatable bonds is 1. The number of benzene rings is 1. The fourth-order valence-electron chi connectivity index (χ4n) is 2.67. The van der Waals surface area contributed by atoms with Crippen LogP contribution in [-0.2, 0) is 0 Å². The summed E-state index contributed by atoms with van der Waals surface area (Å²) in [6.45, 7) is 1.71. The van der Waals surface area contributed by atoms with Gasteiger partial charge in [0.2, 0.25) is 0 Å². The monoisotopic (exact) mass is 235 g/mol. The zero-order valence-electron chi connectivity index (χ0n) is 9.93. The first-order valence-electron chi connectivity index (χ1n) is 6.07. The van der Waals surface area contributed by atoms with Crippen LogP contribution in [-0.4, -0.2) is 42.4 Å². The molecule has 2 aliphatic heterocycles. The lowest BCUT2D eigenvalue weighted by molar-refractivity contribution is 0.0367. The molecule has 2 heterocycles. The van der Waals surface area contributed by atoms with Crippen molar-refractivity contribution in [1.82, 2.24) is 4.90 Å². The van der Waals surface area contributed by atoms with Gasteiger partial charge in [-0.05, 0) is 38.6 Å². The van der Waals surface area contributed by atoms with Crippen molar-refractivity contribution in [2.75, 3.05) is 20.2 Å². The number of phenols is 1. The van der Waals surface area contributed by atoms with E-state index in [1.165, 1.54) is 6.42 Å². The Labute approximate surface area is 101 Å². The summed E-state index contributed by atoms with van der Waals surface area (Å²) in [7, 11) is 2.12. The second-order valence-electron chi connectivity index (χ2n) is 4.79. The highest BCUT2D eigenvalue weighted by Gasteiger charge is 2.34. The third-order valence-electron chi connectivity index (χ3n) is 3.61. The Morgan fingerprint density at radius 3 is 3.00 bits per heavy atom. The predicted octanol–water partition coefficient (Wildman–Crippen LogP) is 1.63. The maximum atomic E-state index is 9.45. The number of nitrogens with zero attached hydrogens (tertiary/aromatic N) is 1. The second-order valence-corrected chi connectivity index (χ2v) is 4.79. The van der Waals surface area contributed by atoms with Crippen molar-refractivity contribution in [3.05, 3.63) is 18.2 Å². The van der Waals surface area contributed by atoms with Crippen molar-refractivity contribution in [3.63, 3.8) is 0 Å². The van der Waals surface area contributed by atoms with Crippen molar-refractivity contribution >= 4 is 0 Å². The summed E-state index contributed by atoms with van der Waals surface area (Å²) in [5, 5.41) is 9.45. The number of fused-ring (bicyclic) bond motifs is 1. The molecular formula is C13H17NO3. The van der Waals surface area contributed by atoms with Gasteiger partial charge in [-0.25, -0.2) is 0 Å². The first kappa shape index (κ1) is 10.7. The maximum absolute atomic E-state index is 9.45. The van der Waals surface area contributed by atoms with E-state index in [2.05, 4.69) is 11.9 Å². The average Bonchev–Trinajstić information content (AvgIpc) is 2.74. The van der Waals surface area contributed by atoms with Gasteiger partial charge in [0.05, 0.1) is 0 Å². The molecule has 0 bridgehead atoms. The van der Waals surface area contributed by atoms with E-state index in [1.807, 2.05) is 0 Å². The highest BCUT2D eigenvalue weighted by molar-refractivity contribution is 5.46. The van der Waals surface area contributed by atoms with Crippen LogP contribution in [0.1, 0.15) is 12.8 Å². The topological polar surface area (TPSA) is 41.9 Å². The quantitative estimate of drug-likeness (QED) is 0.803. The van der Waals surface area contributed by atoms with E-state index in [1.54, 1.807) is 18.2 Å². The van der Waals surface area contributed by atoms with Gasteiger partial charge in [-0.1, -0.05) is 0 Å². The molecule has 1 saturated heterocycles. The van der Waals surface area contributed by atoms with Crippen LogP contribution in [0.25, 0.3) is 0 Å².